The lowest BCUT2D eigenvalue weighted by atomic mass is 10.1. The van der Waals surface area contributed by atoms with Crippen LogP contribution in [0.4, 0.5) is 5.69 Å². The molecule has 2 heterocycles. The number of thiazole rings is 1. The van der Waals surface area contributed by atoms with Gasteiger partial charge in [0.1, 0.15) is 0 Å². The molecule has 8 heteroatoms. The summed E-state index contributed by atoms with van der Waals surface area (Å²) in [5.74, 6) is 0.178. The Balaban J connectivity index is 1.93. The predicted molar refractivity (Wildman–Crippen MR) is 105 cm³/mol. The second kappa shape index (κ2) is 6.17. The van der Waals surface area contributed by atoms with Gasteiger partial charge in [-0.05, 0) is 54.8 Å². The molecule has 0 atom stereocenters. The molecule has 2 aromatic heterocycles. The zero-order valence-corrected chi connectivity index (χ0v) is 15.7. The van der Waals surface area contributed by atoms with Gasteiger partial charge in [-0.3, -0.25) is 14.9 Å². The lowest BCUT2D eigenvalue weighted by molar-refractivity contribution is -0.385. The minimum Gasteiger partial charge on any atom is -0.490 e. The number of methoxy groups -OCH3 is 1. The van der Waals surface area contributed by atoms with E-state index in [0.717, 1.165) is 22.2 Å². The van der Waals surface area contributed by atoms with E-state index in [9.17, 15) is 14.9 Å². The number of nitro groups is 1. The van der Waals surface area contributed by atoms with Gasteiger partial charge in [-0.1, -0.05) is 17.4 Å². The van der Waals surface area contributed by atoms with Crippen LogP contribution < -0.4 is 14.8 Å². The molecule has 0 spiro atoms. The fourth-order valence-electron chi connectivity index (χ4n) is 3.01. The summed E-state index contributed by atoms with van der Waals surface area (Å²) in [6.45, 7) is 4.00. The first-order valence-electron chi connectivity index (χ1n) is 8.15. The fraction of sp³-hybridized carbons (Fsp3) is 0.158. The molecule has 27 heavy (non-hydrogen) atoms. The maximum absolute atomic E-state index is 12.9. The van der Waals surface area contributed by atoms with Crippen molar-refractivity contribution in [3.63, 3.8) is 0 Å². The van der Waals surface area contributed by atoms with Gasteiger partial charge in [0, 0.05) is 6.07 Å². The number of hydrogen-bond acceptors (Lipinski definition) is 6. The van der Waals surface area contributed by atoms with Crippen LogP contribution in [0, 0.1) is 24.0 Å². The van der Waals surface area contributed by atoms with Gasteiger partial charge in [0.2, 0.25) is 0 Å². The molecule has 4 aromatic rings. The second-order valence-corrected chi connectivity index (χ2v) is 7.27. The average molecular weight is 381 g/mol. The van der Waals surface area contributed by atoms with Crippen LogP contribution >= 0.6 is 11.3 Å². The maximum Gasteiger partial charge on any atom is 0.311 e. The highest BCUT2D eigenvalue weighted by molar-refractivity contribution is 7.15. The topological polar surface area (TPSA) is 86.7 Å². The van der Waals surface area contributed by atoms with Gasteiger partial charge in [0.25, 0.3) is 5.56 Å². The summed E-state index contributed by atoms with van der Waals surface area (Å²) in [4.78, 5) is 28.7. The minimum atomic E-state index is -0.506. The van der Waals surface area contributed by atoms with E-state index in [1.54, 1.807) is 16.5 Å². The molecule has 4 rings (SSSR count). The highest BCUT2D eigenvalue weighted by atomic mass is 32.1. The highest BCUT2D eigenvalue weighted by Gasteiger charge is 2.16. The molecule has 0 bridgehead atoms. The highest BCUT2D eigenvalue weighted by Crippen LogP contribution is 2.28. The standard InChI is InChI=1S/C19H15N3O4S/c1-10-6-13-14(7-11(10)2)21-18(23)17(27-19(21)20-13)9-12-4-5-16(26-3)15(8-12)22(24)25/h4-9H,1-3H3. The Labute approximate surface area is 157 Å². The van der Waals surface area contributed by atoms with Gasteiger partial charge in [0.05, 0.1) is 27.6 Å². The van der Waals surface area contributed by atoms with Crippen molar-refractivity contribution in [2.24, 2.45) is 0 Å². The van der Waals surface area contributed by atoms with Crippen LogP contribution in [0.1, 0.15) is 16.7 Å². The number of nitro benzene ring substituents is 1. The molecule has 0 aliphatic heterocycles. The molecule has 136 valence electrons. The summed E-state index contributed by atoms with van der Waals surface area (Å²) in [5, 5.41) is 11.2. The summed E-state index contributed by atoms with van der Waals surface area (Å²) in [6, 6.07) is 8.53. The molecule has 0 radical (unpaired) electrons. The first-order chi connectivity index (χ1) is 12.9. The third kappa shape index (κ3) is 2.74. The van der Waals surface area contributed by atoms with E-state index in [-0.39, 0.29) is 17.0 Å². The average Bonchev–Trinajstić information content (AvgIpc) is 3.12. The first kappa shape index (κ1) is 17.2. The largest absolute Gasteiger partial charge is 0.490 e. The van der Waals surface area contributed by atoms with Crippen LogP contribution in [0.15, 0.2) is 35.1 Å². The number of aryl methyl sites for hydroxylation is 2. The number of fused-ring (bicyclic) bond motifs is 3. The molecule has 0 saturated heterocycles. The Hall–Kier alpha value is -3.26. The molecular weight excluding hydrogens is 366 g/mol. The molecule has 0 N–H and O–H groups in total. The number of rotatable bonds is 3. The summed E-state index contributed by atoms with van der Waals surface area (Å²) < 4.78 is 7.07. The van der Waals surface area contributed by atoms with Gasteiger partial charge in [-0.15, -0.1) is 0 Å². The van der Waals surface area contributed by atoms with E-state index >= 15 is 0 Å². The predicted octanol–water partition coefficient (Wildman–Crippen LogP) is 2.99. The van der Waals surface area contributed by atoms with Crippen LogP contribution in [0.2, 0.25) is 0 Å². The maximum atomic E-state index is 12.9. The molecule has 0 saturated carbocycles. The summed E-state index contributed by atoms with van der Waals surface area (Å²) in [5.41, 5.74) is 4.00. The normalized spacial score (nSPS) is 12.2. The summed E-state index contributed by atoms with van der Waals surface area (Å²) in [6.07, 6.45) is 1.64. The van der Waals surface area contributed by atoms with Crippen molar-refractivity contribution in [3.8, 4) is 5.75 Å². The van der Waals surface area contributed by atoms with Crippen molar-refractivity contribution in [1.29, 1.82) is 0 Å². The number of nitrogens with zero attached hydrogens (tertiary/aromatic N) is 3. The molecular formula is C19H15N3O4S. The Kier molecular flexibility index (Phi) is 3.92. The third-order valence-corrected chi connectivity index (χ3v) is 5.52. The van der Waals surface area contributed by atoms with Crippen LogP contribution in [0.25, 0.3) is 22.1 Å². The second-order valence-electron chi connectivity index (χ2n) is 6.26. The number of aromatic nitrogens is 2. The number of benzene rings is 2. The molecule has 0 aliphatic carbocycles. The lowest BCUT2D eigenvalue weighted by Gasteiger charge is -2.01. The molecule has 2 aromatic carbocycles. The number of imidazole rings is 1. The van der Waals surface area contributed by atoms with E-state index in [2.05, 4.69) is 4.98 Å². The van der Waals surface area contributed by atoms with Gasteiger partial charge < -0.3 is 4.74 Å². The van der Waals surface area contributed by atoms with Crippen molar-refractivity contribution >= 4 is 39.1 Å². The van der Waals surface area contributed by atoms with E-state index < -0.39 is 4.92 Å². The van der Waals surface area contributed by atoms with Crippen molar-refractivity contribution in [1.82, 2.24) is 9.38 Å². The quantitative estimate of drug-likeness (QED) is 0.402. The first-order valence-corrected chi connectivity index (χ1v) is 8.97. The Bertz CT molecular complexity index is 1340. The third-order valence-electron chi connectivity index (χ3n) is 4.55. The Morgan fingerprint density at radius 2 is 1.96 bits per heavy atom. The fourth-order valence-corrected chi connectivity index (χ4v) is 4.00. The Morgan fingerprint density at radius 3 is 2.67 bits per heavy atom. The van der Waals surface area contributed by atoms with E-state index in [1.807, 2.05) is 26.0 Å². The molecule has 7 nitrogen and oxygen atoms in total. The Morgan fingerprint density at radius 1 is 1.22 bits per heavy atom. The number of ether oxygens (including phenoxy) is 1. The van der Waals surface area contributed by atoms with Gasteiger partial charge in [0.15, 0.2) is 10.7 Å². The number of hydrogen-bond donors (Lipinski definition) is 0. The van der Waals surface area contributed by atoms with Crippen molar-refractivity contribution in [2.75, 3.05) is 7.11 Å². The van der Waals surface area contributed by atoms with E-state index in [1.165, 1.54) is 30.6 Å². The van der Waals surface area contributed by atoms with Gasteiger partial charge in [-0.2, -0.15) is 0 Å². The lowest BCUT2D eigenvalue weighted by Crippen LogP contribution is -2.22. The minimum absolute atomic E-state index is 0.142. The van der Waals surface area contributed by atoms with Gasteiger partial charge >= 0.3 is 5.69 Å². The van der Waals surface area contributed by atoms with E-state index in [0.29, 0.717) is 15.1 Å². The van der Waals surface area contributed by atoms with Gasteiger partial charge in [-0.25, -0.2) is 9.38 Å². The zero-order valence-electron chi connectivity index (χ0n) is 14.8. The zero-order chi connectivity index (χ0) is 19.3. The molecule has 0 unspecified atom stereocenters. The summed E-state index contributed by atoms with van der Waals surface area (Å²) in [7, 11) is 1.38. The van der Waals surface area contributed by atoms with Crippen LogP contribution in [0.3, 0.4) is 0 Å². The molecule has 0 amide bonds. The molecule has 0 aliphatic rings. The summed E-state index contributed by atoms with van der Waals surface area (Å²) >= 11 is 1.26. The van der Waals surface area contributed by atoms with Crippen molar-refractivity contribution < 1.29 is 9.66 Å². The molecule has 0 fully saturated rings. The van der Waals surface area contributed by atoms with Crippen LogP contribution in [-0.4, -0.2) is 21.4 Å². The monoisotopic (exact) mass is 381 g/mol. The van der Waals surface area contributed by atoms with Crippen molar-refractivity contribution in [3.05, 3.63) is 72.0 Å². The van der Waals surface area contributed by atoms with Crippen LogP contribution in [0.5, 0.6) is 5.75 Å². The SMILES string of the molecule is COc1ccc(C=c2sc3nc4cc(C)c(C)cc4n3c2=O)cc1[N+](=O)[O-]. The van der Waals surface area contributed by atoms with Crippen LogP contribution in [-0.2, 0) is 0 Å². The van der Waals surface area contributed by atoms with Crippen molar-refractivity contribution in [2.45, 2.75) is 13.8 Å². The van der Waals surface area contributed by atoms with E-state index in [4.69, 9.17) is 4.74 Å². The smallest absolute Gasteiger partial charge is 0.311 e.